The van der Waals surface area contributed by atoms with Gasteiger partial charge in [0.15, 0.2) is 0 Å². The van der Waals surface area contributed by atoms with Crippen LogP contribution in [0.15, 0.2) is 109 Å². The normalized spacial score (nSPS) is 15.0. The van der Waals surface area contributed by atoms with Crippen molar-refractivity contribution in [3.63, 3.8) is 0 Å². The van der Waals surface area contributed by atoms with Crippen LogP contribution in [0, 0.1) is 0 Å². The number of aromatic amines is 1. The Labute approximate surface area is 247 Å². The highest BCUT2D eigenvalue weighted by atomic mass is 35.5. The summed E-state index contributed by atoms with van der Waals surface area (Å²) >= 11 is 6.25. The van der Waals surface area contributed by atoms with Gasteiger partial charge >= 0.3 is 0 Å². The SMILES string of the molecule is CCc1cccc2c(C(CC(=O)N3CCN(C(c4ccccc4)c4ccccc4)CC3)c3ccc(Cl)cc3)c[nH]c12. The van der Waals surface area contributed by atoms with Crippen molar-refractivity contribution >= 4 is 28.4 Å². The second kappa shape index (κ2) is 12.3. The zero-order valence-corrected chi connectivity index (χ0v) is 24.2. The summed E-state index contributed by atoms with van der Waals surface area (Å²) < 4.78 is 0. The number of aromatic nitrogens is 1. The molecule has 41 heavy (non-hydrogen) atoms. The summed E-state index contributed by atoms with van der Waals surface area (Å²) in [4.78, 5) is 22.0. The van der Waals surface area contributed by atoms with Crippen molar-refractivity contribution in [2.75, 3.05) is 26.2 Å². The van der Waals surface area contributed by atoms with Gasteiger partial charge in [-0.3, -0.25) is 9.69 Å². The maximum absolute atomic E-state index is 13.9. The third-order valence-corrected chi connectivity index (χ3v) is 8.76. The van der Waals surface area contributed by atoms with Gasteiger partial charge in [0.1, 0.15) is 0 Å². The van der Waals surface area contributed by atoms with Gasteiger partial charge in [-0.2, -0.15) is 0 Å². The molecule has 1 aromatic heterocycles. The van der Waals surface area contributed by atoms with Crippen molar-refractivity contribution in [2.45, 2.75) is 31.7 Å². The van der Waals surface area contributed by atoms with E-state index in [2.05, 4.69) is 119 Å². The second-order valence-corrected chi connectivity index (χ2v) is 11.3. The summed E-state index contributed by atoms with van der Waals surface area (Å²) in [6.07, 6.45) is 3.48. The highest BCUT2D eigenvalue weighted by Gasteiger charge is 2.30. The molecule has 4 nitrogen and oxygen atoms in total. The van der Waals surface area contributed by atoms with Gasteiger partial charge in [-0.1, -0.05) is 110 Å². The zero-order valence-electron chi connectivity index (χ0n) is 23.5. The lowest BCUT2D eigenvalue weighted by molar-refractivity contribution is -0.133. The van der Waals surface area contributed by atoms with Gasteiger partial charge in [0.05, 0.1) is 6.04 Å². The Morgan fingerprint density at radius 3 is 2.02 bits per heavy atom. The van der Waals surface area contributed by atoms with Crippen molar-refractivity contribution in [3.05, 3.63) is 142 Å². The molecule has 208 valence electrons. The number of nitrogens with zero attached hydrogens (tertiary/aromatic N) is 2. The summed E-state index contributed by atoms with van der Waals surface area (Å²) in [7, 11) is 0. The van der Waals surface area contributed by atoms with Crippen LogP contribution in [0.2, 0.25) is 5.02 Å². The average Bonchev–Trinajstić information content (AvgIpc) is 3.46. The molecule has 5 aromatic rings. The van der Waals surface area contributed by atoms with E-state index in [-0.39, 0.29) is 17.9 Å². The highest BCUT2D eigenvalue weighted by Crippen LogP contribution is 2.36. The molecule has 1 N–H and O–H groups in total. The number of carbonyl (C=O) groups excluding carboxylic acids is 1. The minimum Gasteiger partial charge on any atom is -0.361 e. The van der Waals surface area contributed by atoms with Crippen LogP contribution in [0.3, 0.4) is 0 Å². The number of H-pyrrole nitrogens is 1. The largest absolute Gasteiger partial charge is 0.361 e. The smallest absolute Gasteiger partial charge is 0.223 e. The number of rotatable bonds is 8. The number of carbonyl (C=O) groups is 1. The fourth-order valence-electron chi connectivity index (χ4n) is 6.34. The average molecular weight is 562 g/mol. The molecule has 0 aliphatic carbocycles. The number of para-hydroxylation sites is 1. The quantitative estimate of drug-likeness (QED) is 0.209. The van der Waals surface area contributed by atoms with E-state index in [1.807, 2.05) is 12.1 Å². The minimum atomic E-state index is -0.0555. The molecule has 1 atom stereocenters. The third-order valence-electron chi connectivity index (χ3n) is 8.50. The van der Waals surface area contributed by atoms with E-state index in [0.29, 0.717) is 11.4 Å². The minimum absolute atomic E-state index is 0.0555. The zero-order chi connectivity index (χ0) is 28.2. The van der Waals surface area contributed by atoms with Gasteiger partial charge < -0.3 is 9.88 Å². The maximum atomic E-state index is 13.9. The van der Waals surface area contributed by atoms with Crippen molar-refractivity contribution in [3.8, 4) is 0 Å². The van der Waals surface area contributed by atoms with Crippen LogP contribution in [0.1, 0.15) is 53.1 Å². The first-order valence-corrected chi connectivity index (χ1v) is 15.0. The summed E-state index contributed by atoms with van der Waals surface area (Å²) in [5, 5.41) is 1.89. The third kappa shape index (κ3) is 5.81. The number of halogens is 1. The lowest BCUT2D eigenvalue weighted by Crippen LogP contribution is -2.50. The Kier molecular flexibility index (Phi) is 8.22. The number of nitrogens with one attached hydrogen (secondary N) is 1. The summed E-state index contributed by atoms with van der Waals surface area (Å²) in [5.74, 6) is 0.140. The van der Waals surface area contributed by atoms with E-state index in [4.69, 9.17) is 11.6 Å². The Morgan fingerprint density at radius 1 is 0.780 bits per heavy atom. The Bertz CT molecular complexity index is 1550. The molecule has 0 bridgehead atoms. The van der Waals surface area contributed by atoms with Crippen LogP contribution in [-0.2, 0) is 11.2 Å². The Hall–Kier alpha value is -3.86. The molecule has 6 rings (SSSR count). The molecular formula is C36H36ClN3O. The fourth-order valence-corrected chi connectivity index (χ4v) is 6.47. The number of hydrogen-bond donors (Lipinski definition) is 1. The van der Waals surface area contributed by atoms with Gasteiger partial charge in [-0.15, -0.1) is 0 Å². The van der Waals surface area contributed by atoms with Gasteiger partial charge in [0, 0.05) is 60.6 Å². The van der Waals surface area contributed by atoms with Crippen molar-refractivity contribution in [2.24, 2.45) is 0 Å². The molecular weight excluding hydrogens is 526 g/mol. The second-order valence-electron chi connectivity index (χ2n) is 10.9. The number of fused-ring (bicyclic) bond motifs is 1. The Morgan fingerprint density at radius 2 is 1.41 bits per heavy atom. The predicted molar refractivity (Wildman–Crippen MR) is 168 cm³/mol. The molecule has 0 spiro atoms. The van der Waals surface area contributed by atoms with E-state index in [1.165, 1.54) is 22.1 Å². The van der Waals surface area contributed by atoms with E-state index in [0.717, 1.165) is 49.2 Å². The standard InChI is InChI=1S/C36H36ClN3O/c1-2-26-14-9-15-31-33(25-38-35(26)31)32(27-16-18-30(37)19-17-27)24-34(41)39-20-22-40(23-21-39)36(28-10-5-3-6-11-28)29-12-7-4-8-13-29/h3-19,25,32,36,38H,2,20-24H2,1H3. The van der Waals surface area contributed by atoms with Crippen LogP contribution >= 0.6 is 11.6 Å². The number of aryl methyl sites for hydroxylation is 1. The van der Waals surface area contributed by atoms with Crippen molar-refractivity contribution in [1.29, 1.82) is 0 Å². The van der Waals surface area contributed by atoms with Crippen LogP contribution in [0.5, 0.6) is 0 Å². The first-order valence-electron chi connectivity index (χ1n) is 14.6. The predicted octanol–water partition coefficient (Wildman–Crippen LogP) is 7.84. The van der Waals surface area contributed by atoms with Gasteiger partial charge in [0.25, 0.3) is 0 Å². The van der Waals surface area contributed by atoms with Crippen molar-refractivity contribution in [1.82, 2.24) is 14.8 Å². The summed E-state index contributed by atoms with van der Waals surface area (Å²) in [6.45, 7) is 5.28. The topological polar surface area (TPSA) is 39.3 Å². The lowest BCUT2D eigenvalue weighted by Gasteiger charge is -2.40. The molecule has 1 aliphatic heterocycles. The number of piperazine rings is 1. The van der Waals surface area contributed by atoms with Gasteiger partial charge in [0.2, 0.25) is 5.91 Å². The molecule has 5 heteroatoms. The number of benzene rings is 4. The Balaban J connectivity index is 1.23. The van der Waals surface area contributed by atoms with E-state index in [9.17, 15) is 4.79 Å². The molecule has 1 amide bonds. The van der Waals surface area contributed by atoms with Crippen molar-refractivity contribution < 1.29 is 4.79 Å². The van der Waals surface area contributed by atoms with E-state index < -0.39 is 0 Å². The maximum Gasteiger partial charge on any atom is 0.223 e. The number of amides is 1. The van der Waals surface area contributed by atoms with Gasteiger partial charge in [-0.25, -0.2) is 0 Å². The molecule has 1 saturated heterocycles. The van der Waals surface area contributed by atoms with Crippen LogP contribution in [0.4, 0.5) is 0 Å². The lowest BCUT2D eigenvalue weighted by atomic mass is 9.87. The monoisotopic (exact) mass is 561 g/mol. The first kappa shape index (κ1) is 27.3. The summed E-state index contributed by atoms with van der Waals surface area (Å²) in [5.41, 5.74) is 7.30. The molecule has 1 aliphatic rings. The summed E-state index contributed by atoms with van der Waals surface area (Å²) in [6, 6.07) is 36.0. The first-order chi connectivity index (χ1) is 20.1. The molecule has 1 unspecified atom stereocenters. The van der Waals surface area contributed by atoms with E-state index >= 15 is 0 Å². The fraction of sp³-hybridized carbons (Fsp3) is 0.250. The van der Waals surface area contributed by atoms with Crippen LogP contribution in [-0.4, -0.2) is 46.9 Å². The molecule has 4 aromatic carbocycles. The van der Waals surface area contributed by atoms with Crippen LogP contribution < -0.4 is 0 Å². The van der Waals surface area contributed by atoms with E-state index in [1.54, 1.807) is 0 Å². The van der Waals surface area contributed by atoms with Crippen LogP contribution in [0.25, 0.3) is 10.9 Å². The highest BCUT2D eigenvalue weighted by molar-refractivity contribution is 6.30. The molecule has 0 radical (unpaired) electrons. The number of hydrogen-bond acceptors (Lipinski definition) is 2. The van der Waals surface area contributed by atoms with Gasteiger partial charge in [-0.05, 0) is 46.4 Å². The molecule has 0 saturated carbocycles. The molecule has 1 fully saturated rings. The molecule has 2 heterocycles.